The number of urea groups is 1. The minimum Gasteiger partial charge on any atom is -0.463 e. The number of cyclic esters (lactones) is 1. The number of nitrogens with one attached hydrogen (secondary N) is 2. The summed E-state index contributed by atoms with van der Waals surface area (Å²) in [6.45, 7) is 18.0. The molecule has 382 valence electrons. The van der Waals surface area contributed by atoms with Gasteiger partial charge in [-0.2, -0.15) is 0 Å². The number of hydrazine groups is 1. The van der Waals surface area contributed by atoms with Gasteiger partial charge in [-0.3, -0.25) is 24.4 Å². The van der Waals surface area contributed by atoms with Crippen LogP contribution in [0.15, 0.2) is 54.6 Å². The number of thioether (sulfide) groups is 1. The second kappa shape index (κ2) is 20.5. The van der Waals surface area contributed by atoms with Crippen LogP contribution in [-0.4, -0.2) is 152 Å². The molecule has 3 fully saturated rings. The van der Waals surface area contributed by atoms with Crippen molar-refractivity contribution in [2.75, 3.05) is 66.4 Å². The van der Waals surface area contributed by atoms with E-state index in [0.717, 1.165) is 50.7 Å². The number of ether oxygens (including phenoxy) is 3. The third-order valence-corrected chi connectivity index (χ3v) is 16.7. The van der Waals surface area contributed by atoms with Crippen molar-refractivity contribution in [3.05, 3.63) is 70.8 Å². The number of likely N-dealkylation sites (tertiary alicyclic amines) is 1. The first-order valence-corrected chi connectivity index (χ1v) is 26.8. The highest BCUT2D eigenvalue weighted by atomic mass is 32.2. The predicted molar refractivity (Wildman–Crippen MR) is 279 cm³/mol. The molecule has 3 saturated heterocycles. The molecule has 7 heterocycles. The molecule has 4 atom stereocenters. The highest BCUT2D eigenvalue weighted by Gasteiger charge is 2.52. The van der Waals surface area contributed by atoms with Crippen LogP contribution in [-0.2, 0) is 52.8 Å². The topological polar surface area (TPSA) is 181 Å². The summed E-state index contributed by atoms with van der Waals surface area (Å²) in [5.41, 5.74) is 8.32. The van der Waals surface area contributed by atoms with E-state index >= 15 is 4.79 Å². The van der Waals surface area contributed by atoms with Gasteiger partial charge in [0.1, 0.15) is 11.6 Å². The smallest absolute Gasteiger partial charge is 0.338 e. The van der Waals surface area contributed by atoms with Crippen LogP contribution in [0.3, 0.4) is 0 Å². The van der Waals surface area contributed by atoms with Gasteiger partial charge in [0.05, 0.1) is 61.0 Å². The van der Waals surface area contributed by atoms with E-state index in [1.807, 2.05) is 32.2 Å². The van der Waals surface area contributed by atoms with E-state index in [9.17, 15) is 19.2 Å². The Bertz CT molecular complexity index is 2720. The summed E-state index contributed by atoms with van der Waals surface area (Å²) in [5.74, 6) is -2.24. The Hall–Kier alpha value is -4.99. The van der Waals surface area contributed by atoms with E-state index in [-0.39, 0.29) is 63.1 Å². The van der Waals surface area contributed by atoms with Crippen LogP contribution in [0.4, 0.5) is 4.79 Å². The lowest BCUT2D eigenvalue weighted by atomic mass is 9.84. The number of aromatic nitrogens is 3. The molecule has 4 aliphatic heterocycles. The van der Waals surface area contributed by atoms with Gasteiger partial charge in [-0.05, 0) is 81.2 Å². The van der Waals surface area contributed by atoms with E-state index in [1.165, 1.54) is 27.3 Å². The van der Waals surface area contributed by atoms with Gasteiger partial charge in [-0.1, -0.05) is 40.3 Å². The predicted octanol–water partition coefficient (Wildman–Crippen LogP) is 6.33. The molecule has 0 aliphatic carbocycles. The van der Waals surface area contributed by atoms with Crippen molar-refractivity contribution in [3.8, 4) is 22.5 Å². The number of thiazole rings is 1. The van der Waals surface area contributed by atoms with Crippen LogP contribution in [0, 0.1) is 11.3 Å². The SMILES string of the molecule is C=CC(=O)N1CC2(C1)CN(C(=O)N(C)C(C(=O)N[C@@]1(SC)Cc3nc(cs3)-c3ccc4c(c3)c(c(-c3cccnc3[C@H](C)OC)n4CC)CC(C)(C)COC(=O)[C@@]3(S)CCCN(N3)C1=O)C(C)C)CCO2. The normalized spacial score (nSPS) is 23.2. The number of hydrogen-bond acceptors (Lipinski definition) is 14. The number of pyridine rings is 1. The van der Waals surface area contributed by atoms with Crippen LogP contribution in [0.1, 0.15) is 76.8 Å². The molecular formula is C51H67N9O8S3. The number of fused-ring (bicyclic) bond motifs is 6. The van der Waals surface area contributed by atoms with E-state index in [1.54, 1.807) is 36.4 Å². The number of nitrogens with zero attached hydrogens (tertiary/aromatic N) is 7. The highest BCUT2D eigenvalue weighted by molar-refractivity contribution is 8.00. The first-order chi connectivity index (χ1) is 33.7. The Morgan fingerprint density at radius 2 is 1.86 bits per heavy atom. The van der Waals surface area contributed by atoms with Crippen molar-refractivity contribution >= 4 is 76.4 Å². The average molecular weight is 1030 g/mol. The molecule has 4 aromatic rings. The molecule has 71 heavy (non-hydrogen) atoms. The minimum atomic E-state index is -1.67. The second-order valence-corrected chi connectivity index (χ2v) is 23.1. The quantitative estimate of drug-likeness (QED) is 0.0697. The summed E-state index contributed by atoms with van der Waals surface area (Å²) in [6.07, 6.45) is 5.74. The molecule has 20 heteroatoms. The number of aryl methyl sites for hydroxylation is 1. The van der Waals surface area contributed by atoms with Gasteiger partial charge in [0.15, 0.2) is 9.74 Å². The lowest BCUT2D eigenvalue weighted by Crippen LogP contribution is -2.72. The van der Waals surface area contributed by atoms with Crippen molar-refractivity contribution in [1.82, 2.24) is 45.0 Å². The van der Waals surface area contributed by atoms with Gasteiger partial charge < -0.3 is 38.8 Å². The number of carbonyl (C=O) groups excluding carboxylic acids is 5. The number of morpholine rings is 1. The van der Waals surface area contributed by atoms with Crippen LogP contribution >= 0.6 is 35.7 Å². The summed E-state index contributed by atoms with van der Waals surface area (Å²) >= 11 is 7.45. The van der Waals surface area contributed by atoms with Gasteiger partial charge >= 0.3 is 12.0 Å². The first kappa shape index (κ1) is 52.3. The van der Waals surface area contributed by atoms with Gasteiger partial charge in [-0.15, -0.1) is 35.7 Å². The van der Waals surface area contributed by atoms with Gasteiger partial charge in [0, 0.05) is 79.2 Å². The van der Waals surface area contributed by atoms with Crippen molar-refractivity contribution in [2.45, 2.75) is 101 Å². The number of hydrogen-bond donors (Lipinski definition) is 3. The number of likely N-dealkylation sites (N-methyl/N-ethyl adjacent to an activating group) is 1. The lowest BCUT2D eigenvalue weighted by Gasteiger charge is -2.54. The fraction of sp³-hybridized carbons (Fsp3) is 0.549. The molecule has 3 aromatic heterocycles. The average Bonchev–Trinajstić information content (AvgIpc) is 3.94. The van der Waals surface area contributed by atoms with Crippen molar-refractivity contribution in [1.29, 1.82) is 0 Å². The summed E-state index contributed by atoms with van der Waals surface area (Å²) in [7, 11) is 3.27. The van der Waals surface area contributed by atoms with Crippen molar-refractivity contribution < 1.29 is 38.2 Å². The molecule has 17 nitrogen and oxygen atoms in total. The van der Waals surface area contributed by atoms with E-state index in [2.05, 4.69) is 66.9 Å². The molecule has 2 N–H and O–H groups in total. The number of methoxy groups -OCH3 is 1. The largest absolute Gasteiger partial charge is 0.463 e. The molecule has 0 radical (unpaired) electrons. The first-order valence-electron chi connectivity index (χ1n) is 24.2. The minimum absolute atomic E-state index is 0.0144. The number of carbonyl (C=O) groups is 5. The number of benzene rings is 1. The van der Waals surface area contributed by atoms with Crippen molar-refractivity contribution in [3.63, 3.8) is 0 Å². The summed E-state index contributed by atoms with van der Waals surface area (Å²) < 4.78 is 20.4. The van der Waals surface area contributed by atoms with Crippen LogP contribution in [0.25, 0.3) is 33.4 Å². The van der Waals surface area contributed by atoms with Crippen molar-refractivity contribution in [2.24, 2.45) is 11.3 Å². The molecule has 5 amide bonds. The maximum absolute atomic E-state index is 15.3. The van der Waals surface area contributed by atoms with Crippen LogP contribution < -0.4 is 10.7 Å². The van der Waals surface area contributed by atoms with E-state index in [4.69, 9.17) is 36.8 Å². The number of thiol groups is 1. The Kier molecular flexibility index (Phi) is 15.1. The molecule has 1 aromatic carbocycles. The molecule has 8 rings (SSSR count). The fourth-order valence-corrected chi connectivity index (χ4v) is 12.6. The molecule has 0 saturated carbocycles. The van der Waals surface area contributed by atoms with Gasteiger partial charge in [0.25, 0.3) is 5.91 Å². The highest BCUT2D eigenvalue weighted by Crippen LogP contribution is 2.43. The number of amides is 5. The molecule has 1 unspecified atom stereocenters. The Morgan fingerprint density at radius 3 is 2.55 bits per heavy atom. The van der Waals surface area contributed by atoms with Gasteiger partial charge in [0.2, 0.25) is 11.8 Å². The molecule has 1 spiro atoms. The maximum atomic E-state index is 15.3. The third-order valence-electron chi connectivity index (χ3n) is 14.2. The van der Waals surface area contributed by atoms with E-state index < -0.39 is 44.6 Å². The van der Waals surface area contributed by atoms with Gasteiger partial charge in [-0.25, -0.2) is 20.0 Å². The summed E-state index contributed by atoms with van der Waals surface area (Å²) in [5, 5.41) is 8.11. The zero-order chi connectivity index (χ0) is 51.2. The third kappa shape index (κ3) is 10.1. The summed E-state index contributed by atoms with van der Waals surface area (Å²) in [6, 6.07) is 8.99. The lowest BCUT2D eigenvalue weighted by molar-refractivity contribution is -0.184. The fourth-order valence-electron chi connectivity index (χ4n) is 10.5. The van der Waals surface area contributed by atoms with Crippen LogP contribution in [0.2, 0.25) is 0 Å². The van der Waals surface area contributed by atoms with Crippen LogP contribution in [0.5, 0.6) is 0 Å². The number of esters is 1. The zero-order valence-electron chi connectivity index (χ0n) is 42.2. The number of rotatable bonds is 10. The standard InChI is InChI=1S/C51H67N9O8S3/c1-11-40(61)58-28-49(29-58)27-57(21-22-68-49)47(65)56(8)42(31(3)4)44(62)54-51(70-10)25-39-53-37(26-71-39)33-16-17-38-35(23-33)36(43(59(38)12-2)34-15-13-19-52-41(34)32(5)66-9)24-48(6,7)30-67-46(64)50(69)18-14-20-60(55-50)45(51)63/h11,13,15-17,19,23,26,31-32,42,55,69H,1,12,14,18,20-22,24-25,27-30H2,2-10H3,(H,54,62)/t32-,42?,50-,51+/m0/s1. The molecule has 6 bridgehead atoms. The zero-order valence-corrected chi connectivity index (χ0v) is 44.7. The Balaban J connectivity index is 1.18. The molecule has 4 aliphatic rings. The summed E-state index contributed by atoms with van der Waals surface area (Å²) in [4.78, 5) is 82.7. The maximum Gasteiger partial charge on any atom is 0.338 e. The van der Waals surface area contributed by atoms with E-state index in [0.29, 0.717) is 49.7 Å². The second-order valence-electron chi connectivity index (χ2n) is 20.3. The molecular weight excluding hydrogens is 963 g/mol. The Labute approximate surface area is 429 Å². The Morgan fingerprint density at radius 1 is 1.11 bits per heavy atom. The monoisotopic (exact) mass is 1030 g/mol.